The van der Waals surface area contributed by atoms with Crippen molar-refractivity contribution < 1.29 is 9.47 Å². The molecule has 5 nitrogen and oxygen atoms in total. The molecule has 2 aromatic carbocycles. The van der Waals surface area contributed by atoms with E-state index >= 15 is 0 Å². The molecular formula is C21H23N3O2S. The minimum Gasteiger partial charge on any atom is -0.486 e. The van der Waals surface area contributed by atoms with E-state index in [0.29, 0.717) is 12.7 Å². The van der Waals surface area contributed by atoms with Gasteiger partial charge >= 0.3 is 0 Å². The Morgan fingerprint density at radius 1 is 1.00 bits per heavy atom. The number of thioether (sulfide) groups is 1. The second-order valence-electron chi connectivity index (χ2n) is 6.47. The number of aromatic nitrogens is 3. The molecule has 2 heterocycles. The Morgan fingerprint density at radius 2 is 1.78 bits per heavy atom. The zero-order valence-corrected chi connectivity index (χ0v) is 16.0. The van der Waals surface area contributed by atoms with Crippen molar-refractivity contribution in [1.29, 1.82) is 0 Å². The van der Waals surface area contributed by atoms with E-state index in [0.717, 1.165) is 41.2 Å². The van der Waals surface area contributed by atoms with Crippen LogP contribution in [0.4, 0.5) is 0 Å². The van der Waals surface area contributed by atoms with Crippen molar-refractivity contribution in [1.82, 2.24) is 14.8 Å². The van der Waals surface area contributed by atoms with E-state index < -0.39 is 0 Å². The molecule has 140 valence electrons. The van der Waals surface area contributed by atoms with Gasteiger partial charge in [-0.2, -0.15) is 0 Å². The fraction of sp³-hybridized carbons (Fsp3) is 0.333. The van der Waals surface area contributed by atoms with Gasteiger partial charge in [0, 0.05) is 18.0 Å². The number of hydrogen-bond donors (Lipinski definition) is 0. The van der Waals surface area contributed by atoms with Gasteiger partial charge in [0.05, 0.1) is 6.10 Å². The highest BCUT2D eigenvalue weighted by atomic mass is 32.2. The van der Waals surface area contributed by atoms with Gasteiger partial charge in [0.25, 0.3) is 0 Å². The minimum atomic E-state index is 0.300. The number of rotatable bonds is 7. The van der Waals surface area contributed by atoms with E-state index in [1.807, 2.05) is 48.5 Å². The summed E-state index contributed by atoms with van der Waals surface area (Å²) < 4.78 is 13.8. The van der Waals surface area contributed by atoms with Gasteiger partial charge in [0.15, 0.2) is 11.0 Å². The molecule has 1 saturated heterocycles. The molecule has 0 radical (unpaired) electrons. The zero-order chi connectivity index (χ0) is 18.3. The summed E-state index contributed by atoms with van der Waals surface area (Å²) in [6, 6.07) is 20.0. The highest BCUT2D eigenvalue weighted by Gasteiger charge is 2.19. The molecule has 0 amide bonds. The van der Waals surface area contributed by atoms with Crippen LogP contribution in [-0.4, -0.2) is 33.2 Å². The van der Waals surface area contributed by atoms with Crippen LogP contribution in [0.2, 0.25) is 0 Å². The van der Waals surface area contributed by atoms with Crippen LogP contribution in [0.1, 0.15) is 25.1 Å². The monoisotopic (exact) mass is 381 g/mol. The summed E-state index contributed by atoms with van der Waals surface area (Å²) in [5.41, 5.74) is 1.04. The maximum Gasteiger partial charge on any atom is 0.196 e. The summed E-state index contributed by atoms with van der Waals surface area (Å²) in [7, 11) is 0. The molecule has 27 heavy (non-hydrogen) atoms. The molecule has 1 aliphatic rings. The molecule has 0 saturated carbocycles. The number of hydrogen-bond acceptors (Lipinski definition) is 5. The predicted molar refractivity (Wildman–Crippen MR) is 106 cm³/mol. The van der Waals surface area contributed by atoms with Crippen LogP contribution >= 0.6 is 11.8 Å². The Kier molecular flexibility index (Phi) is 6.06. The molecule has 1 fully saturated rings. The summed E-state index contributed by atoms with van der Waals surface area (Å²) in [4.78, 5) is 0. The van der Waals surface area contributed by atoms with E-state index in [2.05, 4.69) is 26.9 Å². The first-order valence-electron chi connectivity index (χ1n) is 9.32. The fourth-order valence-electron chi connectivity index (χ4n) is 3.09. The minimum absolute atomic E-state index is 0.300. The third-order valence-corrected chi connectivity index (χ3v) is 5.56. The fourth-order valence-corrected chi connectivity index (χ4v) is 4.13. The molecule has 1 aliphatic heterocycles. The van der Waals surface area contributed by atoms with E-state index in [1.54, 1.807) is 11.8 Å². The van der Waals surface area contributed by atoms with Crippen LogP contribution in [-0.2, 0) is 11.3 Å². The summed E-state index contributed by atoms with van der Waals surface area (Å²) in [6.45, 7) is 1.24. The molecule has 6 heteroatoms. The third kappa shape index (κ3) is 4.70. The van der Waals surface area contributed by atoms with Crippen molar-refractivity contribution in [3.8, 4) is 11.4 Å². The van der Waals surface area contributed by atoms with E-state index in [4.69, 9.17) is 9.47 Å². The van der Waals surface area contributed by atoms with Gasteiger partial charge in [0.2, 0.25) is 0 Å². The van der Waals surface area contributed by atoms with Gasteiger partial charge in [0.1, 0.15) is 12.4 Å². The Hall–Kier alpha value is -2.31. The first-order valence-corrected chi connectivity index (χ1v) is 10.3. The second kappa shape index (κ2) is 9.06. The largest absolute Gasteiger partial charge is 0.486 e. The van der Waals surface area contributed by atoms with Gasteiger partial charge in [-0.1, -0.05) is 48.2 Å². The smallest absolute Gasteiger partial charge is 0.196 e. The summed E-state index contributed by atoms with van der Waals surface area (Å²) in [5.74, 6) is 2.51. The molecule has 4 rings (SSSR count). The zero-order valence-electron chi connectivity index (χ0n) is 15.2. The number of para-hydroxylation sites is 2. The highest BCUT2D eigenvalue weighted by molar-refractivity contribution is 7.99. The lowest BCUT2D eigenvalue weighted by molar-refractivity contribution is 0.0315. The molecule has 1 aromatic heterocycles. The molecule has 0 aliphatic carbocycles. The average molecular weight is 382 g/mol. The lowest BCUT2D eigenvalue weighted by Gasteiger charge is -2.22. The molecule has 0 N–H and O–H groups in total. The maximum atomic E-state index is 5.90. The quantitative estimate of drug-likeness (QED) is 0.564. The van der Waals surface area contributed by atoms with Crippen molar-refractivity contribution >= 4 is 11.8 Å². The van der Waals surface area contributed by atoms with Crippen LogP contribution in [0.15, 0.2) is 65.8 Å². The van der Waals surface area contributed by atoms with Gasteiger partial charge in [-0.15, -0.1) is 10.2 Å². The standard InChI is InChI=1S/C21H23N3O2S/c1-3-9-17(10-4-1)24-20(15-26-18-11-5-2-6-12-18)22-23-21(24)27-16-19-13-7-8-14-25-19/h1-6,9-12,19H,7-8,13-16H2/t19-/m0/s1. The van der Waals surface area contributed by atoms with Gasteiger partial charge in [-0.3, -0.25) is 4.57 Å². The Bertz CT molecular complexity index is 833. The van der Waals surface area contributed by atoms with Crippen molar-refractivity contribution in [2.75, 3.05) is 12.4 Å². The van der Waals surface area contributed by atoms with Crippen LogP contribution in [0.3, 0.4) is 0 Å². The van der Waals surface area contributed by atoms with Crippen LogP contribution < -0.4 is 4.74 Å². The predicted octanol–water partition coefficient (Wildman–Crippen LogP) is 4.51. The van der Waals surface area contributed by atoms with Gasteiger partial charge in [-0.05, 0) is 43.5 Å². The van der Waals surface area contributed by atoms with Crippen molar-refractivity contribution in [3.05, 3.63) is 66.5 Å². The average Bonchev–Trinajstić information content (AvgIpc) is 3.16. The SMILES string of the molecule is c1ccc(OCc2nnc(SC[C@@H]3CCCCO3)n2-c2ccccc2)cc1. The molecule has 1 atom stereocenters. The normalized spacial score (nSPS) is 17.0. The highest BCUT2D eigenvalue weighted by Crippen LogP contribution is 2.26. The molecule has 0 bridgehead atoms. The number of nitrogens with zero attached hydrogens (tertiary/aromatic N) is 3. The van der Waals surface area contributed by atoms with Crippen LogP contribution in [0.5, 0.6) is 5.75 Å². The summed E-state index contributed by atoms with van der Waals surface area (Å²) in [5, 5.41) is 9.70. The molecule has 3 aromatic rings. The van der Waals surface area contributed by atoms with E-state index in [9.17, 15) is 0 Å². The van der Waals surface area contributed by atoms with E-state index in [-0.39, 0.29) is 0 Å². The maximum absolute atomic E-state index is 5.90. The van der Waals surface area contributed by atoms with Gasteiger partial charge < -0.3 is 9.47 Å². The first-order chi connectivity index (χ1) is 13.4. The topological polar surface area (TPSA) is 49.2 Å². The van der Waals surface area contributed by atoms with Crippen molar-refractivity contribution in [3.63, 3.8) is 0 Å². The Labute approximate surface area is 163 Å². The second-order valence-corrected chi connectivity index (χ2v) is 7.46. The third-order valence-electron chi connectivity index (χ3n) is 4.50. The van der Waals surface area contributed by atoms with E-state index in [1.165, 1.54) is 12.8 Å². The number of benzene rings is 2. The molecule has 0 unspecified atom stereocenters. The lowest BCUT2D eigenvalue weighted by atomic mass is 10.1. The Balaban J connectivity index is 1.52. The molecule has 0 spiro atoms. The number of ether oxygens (including phenoxy) is 2. The van der Waals surface area contributed by atoms with Crippen LogP contribution in [0, 0.1) is 0 Å². The molecular weight excluding hydrogens is 358 g/mol. The summed E-state index contributed by atoms with van der Waals surface area (Å²) >= 11 is 1.70. The van der Waals surface area contributed by atoms with Crippen molar-refractivity contribution in [2.24, 2.45) is 0 Å². The lowest BCUT2D eigenvalue weighted by Crippen LogP contribution is -2.21. The van der Waals surface area contributed by atoms with Crippen molar-refractivity contribution in [2.45, 2.75) is 37.1 Å². The Morgan fingerprint density at radius 3 is 2.52 bits per heavy atom. The summed E-state index contributed by atoms with van der Waals surface area (Å²) in [6.07, 6.45) is 3.83. The van der Waals surface area contributed by atoms with Crippen LogP contribution in [0.25, 0.3) is 5.69 Å². The first kappa shape index (κ1) is 18.1. The van der Waals surface area contributed by atoms with Gasteiger partial charge in [-0.25, -0.2) is 0 Å².